The molecule has 1 atom stereocenters. The first-order chi connectivity index (χ1) is 21.8. The van der Waals surface area contributed by atoms with Crippen molar-refractivity contribution in [3.63, 3.8) is 0 Å². The number of nitrogens with two attached hydrogens (primary N) is 1. The summed E-state index contributed by atoms with van der Waals surface area (Å²) in [6.45, 7) is 1.99. The molecule has 0 spiro atoms. The van der Waals surface area contributed by atoms with Crippen molar-refractivity contribution >= 4 is 41.0 Å². The molecule has 0 bridgehead atoms. The normalized spacial score (nSPS) is 19.0. The van der Waals surface area contributed by atoms with Crippen molar-refractivity contribution in [1.29, 1.82) is 0 Å². The fourth-order valence-corrected chi connectivity index (χ4v) is 6.76. The molecule has 0 aromatic heterocycles. The zero-order chi connectivity index (χ0) is 33.2. The number of likely N-dealkylation sites (tertiary alicyclic amines) is 2. The van der Waals surface area contributed by atoms with E-state index in [-0.39, 0.29) is 35.1 Å². The number of rotatable bonds is 6. The van der Waals surface area contributed by atoms with Crippen molar-refractivity contribution in [1.82, 2.24) is 19.6 Å². The fourth-order valence-electron chi connectivity index (χ4n) is 6.52. The number of fused-ring (bicyclic) bond motifs is 1. The van der Waals surface area contributed by atoms with E-state index in [1.54, 1.807) is 9.80 Å². The molecule has 10 nitrogen and oxygen atoms in total. The third-order valence-corrected chi connectivity index (χ3v) is 9.56. The Bertz CT molecular complexity index is 1440. The largest absolute Gasteiger partial charge is 0.436 e. The van der Waals surface area contributed by atoms with E-state index in [1.165, 1.54) is 11.0 Å². The van der Waals surface area contributed by atoms with Crippen molar-refractivity contribution in [2.75, 3.05) is 57.9 Å². The highest BCUT2D eigenvalue weighted by atomic mass is 35.5. The Hall–Kier alpha value is -3.71. The van der Waals surface area contributed by atoms with Gasteiger partial charge in [0.25, 0.3) is 5.91 Å². The average molecular weight is 665 g/mol. The maximum absolute atomic E-state index is 13.7. The van der Waals surface area contributed by atoms with Crippen LogP contribution in [-0.4, -0.2) is 103 Å². The second kappa shape index (κ2) is 14.0. The molecular formula is C32H40ClF3N6O4. The lowest BCUT2D eigenvalue weighted by atomic mass is 10.00. The summed E-state index contributed by atoms with van der Waals surface area (Å²) in [4.78, 5) is 47.1. The average Bonchev–Trinajstić information content (AvgIpc) is 3.19. The summed E-state index contributed by atoms with van der Waals surface area (Å²) in [7, 11) is 3.94. The van der Waals surface area contributed by atoms with E-state index >= 15 is 0 Å². The number of amides is 4. The second-order valence-electron chi connectivity index (χ2n) is 12.4. The van der Waals surface area contributed by atoms with Crippen LogP contribution in [0.4, 0.5) is 34.1 Å². The Labute approximate surface area is 271 Å². The SMILES string of the molecule is CN(C)C1CCN(C(=O)C(Cc2cc(Cl)c(N)c(C(F)(F)F)c2)OC(=O)N2CCC(N3CCc4ccccc4NC3=O)CC2)CC1. The summed E-state index contributed by atoms with van der Waals surface area (Å²) in [6, 6.07) is 9.81. The van der Waals surface area contributed by atoms with Gasteiger partial charge in [-0.15, -0.1) is 0 Å². The summed E-state index contributed by atoms with van der Waals surface area (Å²) < 4.78 is 46.9. The van der Waals surface area contributed by atoms with Gasteiger partial charge in [0.15, 0.2) is 6.10 Å². The first kappa shape index (κ1) is 33.6. The molecule has 0 saturated carbocycles. The van der Waals surface area contributed by atoms with Crippen LogP contribution in [0, 0.1) is 0 Å². The first-order valence-corrected chi connectivity index (χ1v) is 15.9. The van der Waals surface area contributed by atoms with E-state index in [9.17, 15) is 27.6 Å². The predicted octanol–water partition coefficient (Wildman–Crippen LogP) is 5.10. The third-order valence-electron chi connectivity index (χ3n) is 9.25. The van der Waals surface area contributed by atoms with E-state index in [4.69, 9.17) is 22.1 Å². The maximum atomic E-state index is 13.7. The lowest BCUT2D eigenvalue weighted by molar-refractivity contribution is -0.142. The first-order valence-electron chi connectivity index (χ1n) is 15.5. The van der Waals surface area contributed by atoms with Gasteiger partial charge in [0.05, 0.1) is 16.3 Å². The summed E-state index contributed by atoms with van der Waals surface area (Å²) in [5.41, 5.74) is 5.83. The molecule has 2 aromatic rings. The van der Waals surface area contributed by atoms with Crippen LogP contribution in [-0.2, 0) is 28.5 Å². The van der Waals surface area contributed by atoms with E-state index in [0.717, 1.165) is 17.3 Å². The van der Waals surface area contributed by atoms with Gasteiger partial charge in [-0.25, -0.2) is 9.59 Å². The van der Waals surface area contributed by atoms with Crippen LogP contribution in [0.1, 0.15) is 42.4 Å². The van der Waals surface area contributed by atoms with Gasteiger partial charge >= 0.3 is 18.3 Å². The Morgan fingerprint density at radius 3 is 2.35 bits per heavy atom. The van der Waals surface area contributed by atoms with Crippen molar-refractivity contribution in [3.8, 4) is 0 Å². The third kappa shape index (κ3) is 7.63. The number of carbonyl (C=O) groups is 3. The Morgan fingerprint density at radius 1 is 1.04 bits per heavy atom. The van der Waals surface area contributed by atoms with Gasteiger partial charge in [-0.2, -0.15) is 13.2 Å². The lowest BCUT2D eigenvalue weighted by Gasteiger charge is -2.39. The molecular weight excluding hydrogens is 625 g/mol. The minimum absolute atomic E-state index is 0.0766. The molecule has 2 aromatic carbocycles. The molecule has 2 saturated heterocycles. The summed E-state index contributed by atoms with van der Waals surface area (Å²) in [5.74, 6) is -0.470. The topological polar surface area (TPSA) is 111 Å². The summed E-state index contributed by atoms with van der Waals surface area (Å²) >= 11 is 6.06. The molecule has 250 valence electrons. The molecule has 2 fully saturated rings. The Morgan fingerprint density at radius 2 is 1.70 bits per heavy atom. The number of halogens is 4. The van der Waals surface area contributed by atoms with Crippen LogP contribution in [0.5, 0.6) is 0 Å². The van der Waals surface area contributed by atoms with Crippen LogP contribution in [0.2, 0.25) is 5.02 Å². The van der Waals surface area contributed by atoms with E-state index in [2.05, 4.69) is 10.2 Å². The quantitative estimate of drug-likeness (QED) is 0.416. The van der Waals surface area contributed by atoms with Crippen molar-refractivity contribution in [3.05, 3.63) is 58.1 Å². The highest BCUT2D eigenvalue weighted by molar-refractivity contribution is 6.33. The smallest absolute Gasteiger partial charge is 0.418 e. The van der Waals surface area contributed by atoms with Gasteiger partial charge in [-0.05, 0) is 75.5 Å². The zero-order valence-corrected chi connectivity index (χ0v) is 26.7. The number of nitrogens with zero attached hydrogens (tertiary/aromatic N) is 4. The van der Waals surface area contributed by atoms with E-state index < -0.39 is 35.5 Å². The van der Waals surface area contributed by atoms with Crippen LogP contribution in [0.3, 0.4) is 0 Å². The molecule has 3 N–H and O–H groups in total. The number of ether oxygens (including phenoxy) is 1. The number of hydrogen-bond acceptors (Lipinski definition) is 6. The van der Waals surface area contributed by atoms with Crippen molar-refractivity contribution in [2.24, 2.45) is 0 Å². The van der Waals surface area contributed by atoms with Gasteiger partial charge < -0.3 is 35.4 Å². The van der Waals surface area contributed by atoms with Gasteiger partial charge in [-0.1, -0.05) is 29.8 Å². The molecule has 3 heterocycles. The molecule has 1 unspecified atom stereocenters. The Balaban J connectivity index is 1.27. The molecule has 0 radical (unpaired) electrons. The monoisotopic (exact) mass is 664 g/mol. The van der Waals surface area contributed by atoms with E-state index in [0.29, 0.717) is 64.8 Å². The predicted molar refractivity (Wildman–Crippen MR) is 169 cm³/mol. The minimum atomic E-state index is -4.76. The highest BCUT2D eigenvalue weighted by Gasteiger charge is 2.38. The zero-order valence-electron chi connectivity index (χ0n) is 26.0. The standard InChI is InChI=1S/C32H40ClF3N6O4/c1-39(2)22-8-12-40(13-9-22)29(43)27(19-20-17-24(32(34,35)36)28(37)25(33)18-20)46-31(45)41-14-10-23(11-15-41)42-16-7-21-5-3-4-6-26(21)38-30(42)44/h3-6,17-18,22-23,27H,7-16,19,37H2,1-2H3,(H,38,44). The van der Waals surface area contributed by atoms with Gasteiger partial charge in [-0.3, -0.25) is 4.79 Å². The molecule has 14 heteroatoms. The number of piperidine rings is 2. The van der Waals surface area contributed by atoms with Crippen molar-refractivity contribution in [2.45, 2.75) is 62.9 Å². The van der Waals surface area contributed by atoms with E-state index in [1.807, 2.05) is 38.4 Å². The number of benzene rings is 2. The number of nitrogens with one attached hydrogen (secondary N) is 1. The molecule has 5 rings (SSSR count). The van der Waals surface area contributed by atoms with Gasteiger partial charge in [0.1, 0.15) is 0 Å². The fraction of sp³-hybridized carbons (Fsp3) is 0.531. The number of carbonyl (C=O) groups excluding carboxylic acids is 3. The lowest BCUT2D eigenvalue weighted by Crippen LogP contribution is -2.52. The van der Waals surface area contributed by atoms with Gasteiger partial charge in [0.2, 0.25) is 0 Å². The number of anilines is 2. The molecule has 4 amide bonds. The molecule has 3 aliphatic heterocycles. The van der Waals surface area contributed by atoms with Crippen LogP contribution in [0.15, 0.2) is 36.4 Å². The molecule has 46 heavy (non-hydrogen) atoms. The van der Waals surface area contributed by atoms with Gasteiger partial charge in [0, 0.05) is 56.9 Å². The number of para-hydroxylation sites is 1. The summed E-state index contributed by atoms with van der Waals surface area (Å²) in [5, 5.41) is 2.68. The maximum Gasteiger partial charge on any atom is 0.418 e. The van der Waals surface area contributed by atoms with Crippen LogP contribution < -0.4 is 11.1 Å². The number of nitrogen functional groups attached to an aromatic ring is 1. The Kier molecular flexibility index (Phi) is 10.2. The van der Waals surface area contributed by atoms with Crippen LogP contribution in [0.25, 0.3) is 0 Å². The molecule has 3 aliphatic rings. The number of hydrogen-bond donors (Lipinski definition) is 2. The number of alkyl halides is 3. The minimum Gasteiger partial charge on any atom is -0.436 e. The van der Waals surface area contributed by atoms with Crippen molar-refractivity contribution < 1.29 is 32.3 Å². The van der Waals surface area contributed by atoms with Crippen LogP contribution >= 0.6 is 11.6 Å². The summed E-state index contributed by atoms with van der Waals surface area (Å²) in [6.07, 6.45) is -3.99. The number of urea groups is 1. The second-order valence-corrected chi connectivity index (χ2v) is 12.8. The molecule has 0 aliphatic carbocycles. The highest BCUT2D eigenvalue weighted by Crippen LogP contribution is 2.38.